The third-order valence-electron chi connectivity index (χ3n) is 3.76. The Balaban J connectivity index is 2.18. The largest absolute Gasteiger partial charge is 0.416 e. The lowest BCUT2D eigenvalue weighted by molar-refractivity contribution is -0.137. The highest BCUT2D eigenvalue weighted by Crippen LogP contribution is 2.30. The van der Waals surface area contributed by atoms with Crippen LogP contribution in [0.2, 0.25) is 0 Å². The molecule has 2 unspecified atom stereocenters. The van der Waals surface area contributed by atoms with Gasteiger partial charge in [-0.2, -0.15) is 13.2 Å². The van der Waals surface area contributed by atoms with Crippen LogP contribution in [-0.4, -0.2) is 29.3 Å². The first-order valence-electron chi connectivity index (χ1n) is 6.38. The standard InChI is InChI=1S/C14H15ClF3NO/c1-9-6-7-19(12(9)8-15)13(20)10-2-4-11(5-3-10)14(16,17)18/h2-5,9,12H,6-8H2,1H3. The van der Waals surface area contributed by atoms with Gasteiger partial charge in [-0.1, -0.05) is 6.92 Å². The summed E-state index contributed by atoms with van der Waals surface area (Å²) in [6.45, 7) is 2.62. The van der Waals surface area contributed by atoms with Gasteiger partial charge >= 0.3 is 6.18 Å². The topological polar surface area (TPSA) is 20.3 Å². The number of rotatable bonds is 2. The van der Waals surface area contributed by atoms with E-state index < -0.39 is 11.7 Å². The molecule has 0 aliphatic carbocycles. The summed E-state index contributed by atoms with van der Waals surface area (Å²) in [6, 6.07) is 4.26. The van der Waals surface area contributed by atoms with Crippen LogP contribution in [0.25, 0.3) is 0 Å². The fourth-order valence-corrected chi connectivity index (χ4v) is 2.93. The van der Waals surface area contributed by atoms with Gasteiger partial charge in [0, 0.05) is 24.0 Å². The van der Waals surface area contributed by atoms with E-state index >= 15 is 0 Å². The average molecular weight is 306 g/mol. The molecule has 1 aliphatic heterocycles. The van der Waals surface area contributed by atoms with E-state index in [-0.39, 0.29) is 17.5 Å². The Morgan fingerprint density at radius 1 is 1.35 bits per heavy atom. The van der Waals surface area contributed by atoms with Crippen molar-refractivity contribution in [3.8, 4) is 0 Å². The summed E-state index contributed by atoms with van der Waals surface area (Å²) in [6.07, 6.45) is -3.52. The van der Waals surface area contributed by atoms with E-state index in [1.165, 1.54) is 12.1 Å². The zero-order valence-electron chi connectivity index (χ0n) is 11.0. The number of halogens is 4. The smallest absolute Gasteiger partial charge is 0.334 e. The first kappa shape index (κ1) is 15.2. The molecule has 0 N–H and O–H groups in total. The molecule has 1 amide bonds. The van der Waals surface area contributed by atoms with Gasteiger partial charge in [-0.05, 0) is 36.6 Å². The van der Waals surface area contributed by atoms with Gasteiger partial charge in [-0.25, -0.2) is 0 Å². The van der Waals surface area contributed by atoms with Crippen LogP contribution in [0, 0.1) is 5.92 Å². The second kappa shape index (κ2) is 5.64. The molecule has 0 saturated carbocycles. The monoisotopic (exact) mass is 305 g/mol. The molecule has 0 radical (unpaired) electrons. The molecule has 1 aromatic rings. The summed E-state index contributed by atoms with van der Waals surface area (Å²) in [5.74, 6) is 0.396. The number of nitrogens with zero attached hydrogens (tertiary/aromatic N) is 1. The van der Waals surface area contributed by atoms with Crippen LogP contribution in [0.15, 0.2) is 24.3 Å². The summed E-state index contributed by atoms with van der Waals surface area (Å²) >= 11 is 5.87. The Kier molecular flexibility index (Phi) is 4.28. The van der Waals surface area contributed by atoms with Gasteiger partial charge < -0.3 is 4.90 Å². The molecule has 6 heteroatoms. The SMILES string of the molecule is CC1CCN(C(=O)c2ccc(C(F)(F)F)cc2)C1CCl. The van der Waals surface area contributed by atoms with Crippen LogP contribution in [0.3, 0.4) is 0 Å². The van der Waals surface area contributed by atoms with Crippen molar-refractivity contribution in [2.24, 2.45) is 5.92 Å². The fraction of sp³-hybridized carbons (Fsp3) is 0.500. The summed E-state index contributed by atoms with van der Waals surface area (Å²) < 4.78 is 37.4. The molecule has 1 saturated heterocycles. The van der Waals surface area contributed by atoms with E-state index in [0.717, 1.165) is 18.6 Å². The molecule has 110 valence electrons. The Labute approximate surface area is 120 Å². The Bertz CT molecular complexity index is 486. The average Bonchev–Trinajstić information content (AvgIpc) is 2.78. The Morgan fingerprint density at radius 3 is 2.45 bits per heavy atom. The van der Waals surface area contributed by atoms with Crippen molar-refractivity contribution in [1.29, 1.82) is 0 Å². The lowest BCUT2D eigenvalue weighted by atomic mass is 10.0. The highest BCUT2D eigenvalue weighted by molar-refractivity contribution is 6.18. The van der Waals surface area contributed by atoms with Crippen molar-refractivity contribution in [3.05, 3.63) is 35.4 Å². The van der Waals surface area contributed by atoms with E-state index in [4.69, 9.17) is 11.6 Å². The maximum absolute atomic E-state index is 12.5. The summed E-state index contributed by atoms with van der Waals surface area (Å²) in [4.78, 5) is 14.0. The molecule has 2 rings (SSSR count). The predicted molar refractivity (Wildman–Crippen MR) is 70.8 cm³/mol. The first-order chi connectivity index (χ1) is 9.34. The number of alkyl halides is 4. The van der Waals surface area contributed by atoms with Crippen molar-refractivity contribution in [2.45, 2.75) is 25.6 Å². The van der Waals surface area contributed by atoms with E-state index in [2.05, 4.69) is 0 Å². The molecule has 2 nitrogen and oxygen atoms in total. The molecule has 0 aromatic heterocycles. The number of amides is 1. The zero-order valence-corrected chi connectivity index (χ0v) is 11.7. The minimum Gasteiger partial charge on any atom is -0.334 e. The molecule has 20 heavy (non-hydrogen) atoms. The number of hydrogen-bond acceptors (Lipinski definition) is 1. The van der Waals surface area contributed by atoms with Gasteiger partial charge in [0.15, 0.2) is 0 Å². The molecule has 0 spiro atoms. The summed E-state index contributed by atoms with van der Waals surface area (Å²) in [5.41, 5.74) is -0.486. The van der Waals surface area contributed by atoms with Crippen LogP contribution in [-0.2, 0) is 6.18 Å². The molecular weight excluding hydrogens is 291 g/mol. The van der Waals surface area contributed by atoms with Gasteiger partial charge in [0.25, 0.3) is 5.91 Å². The normalized spacial score (nSPS) is 23.1. The van der Waals surface area contributed by atoms with Gasteiger partial charge in [-0.15, -0.1) is 11.6 Å². The predicted octanol–water partition coefficient (Wildman–Crippen LogP) is 3.79. The van der Waals surface area contributed by atoms with Crippen LogP contribution >= 0.6 is 11.6 Å². The van der Waals surface area contributed by atoms with E-state index in [1.54, 1.807) is 4.90 Å². The second-order valence-electron chi connectivity index (χ2n) is 5.06. The maximum Gasteiger partial charge on any atom is 0.416 e. The Hall–Kier alpha value is -1.23. The third-order valence-corrected chi connectivity index (χ3v) is 4.08. The summed E-state index contributed by atoms with van der Waals surface area (Å²) in [7, 11) is 0. The van der Waals surface area contributed by atoms with E-state index in [1.807, 2.05) is 6.92 Å². The van der Waals surface area contributed by atoms with Crippen molar-refractivity contribution < 1.29 is 18.0 Å². The minimum atomic E-state index is -4.39. The van der Waals surface area contributed by atoms with Crippen LogP contribution in [0.1, 0.15) is 29.3 Å². The number of carbonyl (C=O) groups excluding carboxylic acids is 1. The third kappa shape index (κ3) is 2.92. The van der Waals surface area contributed by atoms with Crippen LogP contribution in [0.4, 0.5) is 13.2 Å². The molecule has 0 bridgehead atoms. The zero-order chi connectivity index (χ0) is 14.9. The molecule has 2 atom stereocenters. The fourth-order valence-electron chi connectivity index (χ4n) is 2.46. The second-order valence-corrected chi connectivity index (χ2v) is 5.37. The van der Waals surface area contributed by atoms with Gasteiger partial charge in [-0.3, -0.25) is 4.79 Å². The van der Waals surface area contributed by atoms with Crippen molar-refractivity contribution in [3.63, 3.8) is 0 Å². The van der Waals surface area contributed by atoms with E-state index in [9.17, 15) is 18.0 Å². The number of carbonyl (C=O) groups is 1. The molecule has 1 aromatic carbocycles. The number of likely N-dealkylation sites (tertiary alicyclic amines) is 1. The van der Waals surface area contributed by atoms with Gasteiger partial charge in [0.1, 0.15) is 0 Å². The maximum atomic E-state index is 12.5. The molecule has 1 heterocycles. The van der Waals surface area contributed by atoms with Crippen molar-refractivity contribution in [2.75, 3.05) is 12.4 Å². The highest BCUT2D eigenvalue weighted by atomic mass is 35.5. The summed E-state index contributed by atoms with van der Waals surface area (Å²) in [5, 5.41) is 0. The van der Waals surface area contributed by atoms with Crippen molar-refractivity contribution >= 4 is 17.5 Å². The van der Waals surface area contributed by atoms with Gasteiger partial charge in [0.05, 0.1) is 5.56 Å². The van der Waals surface area contributed by atoms with Crippen LogP contribution < -0.4 is 0 Å². The quantitative estimate of drug-likeness (QED) is 0.761. The lowest BCUT2D eigenvalue weighted by Gasteiger charge is -2.25. The number of benzene rings is 1. The molecule has 1 aliphatic rings. The van der Waals surface area contributed by atoms with Crippen LogP contribution in [0.5, 0.6) is 0 Å². The van der Waals surface area contributed by atoms with Gasteiger partial charge in [0.2, 0.25) is 0 Å². The Morgan fingerprint density at radius 2 is 1.95 bits per heavy atom. The van der Waals surface area contributed by atoms with E-state index in [0.29, 0.717) is 18.3 Å². The molecule has 1 fully saturated rings. The first-order valence-corrected chi connectivity index (χ1v) is 6.92. The lowest BCUT2D eigenvalue weighted by Crippen LogP contribution is -2.38. The highest BCUT2D eigenvalue weighted by Gasteiger charge is 2.35. The van der Waals surface area contributed by atoms with Crippen molar-refractivity contribution in [1.82, 2.24) is 4.90 Å². The number of hydrogen-bond donors (Lipinski definition) is 0. The minimum absolute atomic E-state index is 0.0496. The molecular formula is C14H15ClF3NO.